The third kappa shape index (κ3) is 6.33. The second kappa shape index (κ2) is 10.1. The van der Waals surface area contributed by atoms with E-state index in [1.54, 1.807) is 18.2 Å². The van der Waals surface area contributed by atoms with Crippen LogP contribution in [-0.2, 0) is 26.1 Å². The van der Waals surface area contributed by atoms with Crippen LogP contribution in [0.15, 0.2) is 60.0 Å². The van der Waals surface area contributed by atoms with Crippen molar-refractivity contribution in [3.05, 3.63) is 71.3 Å². The average Bonchev–Trinajstić information content (AvgIpc) is 2.69. The van der Waals surface area contributed by atoms with E-state index in [1.807, 2.05) is 0 Å². The Morgan fingerprint density at radius 1 is 1.21 bits per heavy atom. The molecule has 2 aromatic carbocycles. The fourth-order valence-corrected chi connectivity index (χ4v) is 4.04. The van der Waals surface area contributed by atoms with E-state index in [9.17, 15) is 18.0 Å². The summed E-state index contributed by atoms with van der Waals surface area (Å²) >= 11 is 5.99. The van der Waals surface area contributed by atoms with Crippen molar-refractivity contribution in [3.63, 3.8) is 0 Å². The van der Waals surface area contributed by atoms with Crippen LogP contribution >= 0.6 is 11.6 Å². The van der Waals surface area contributed by atoms with Gasteiger partial charge in [0.15, 0.2) is 0 Å². The number of ether oxygens (including phenoxy) is 1. The van der Waals surface area contributed by atoms with Crippen LogP contribution in [0.25, 0.3) is 0 Å². The van der Waals surface area contributed by atoms with E-state index in [0.29, 0.717) is 12.0 Å². The van der Waals surface area contributed by atoms with Gasteiger partial charge in [-0.2, -0.15) is 0 Å². The first-order valence-electron chi connectivity index (χ1n) is 8.64. The highest BCUT2D eigenvalue weighted by atomic mass is 35.5. The van der Waals surface area contributed by atoms with Gasteiger partial charge < -0.3 is 10.1 Å². The molecule has 9 heteroatoms. The number of carbonyl (C=O) groups excluding carboxylic acids is 2. The van der Waals surface area contributed by atoms with E-state index >= 15 is 0 Å². The Labute approximate surface area is 174 Å². The second-order valence-corrected chi connectivity index (χ2v) is 8.11. The number of amides is 1. The molecule has 0 radical (unpaired) electrons. The molecular weight excluding hydrogens is 416 g/mol. The number of allylic oxidation sites excluding steroid dienone is 1. The van der Waals surface area contributed by atoms with E-state index in [2.05, 4.69) is 16.6 Å². The molecule has 2 N–H and O–H groups in total. The van der Waals surface area contributed by atoms with Gasteiger partial charge in [-0.15, -0.1) is 6.58 Å². The van der Waals surface area contributed by atoms with Crippen LogP contribution in [0.3, 0.4) is 0 Å². The number of anilines is 1. The summed E-state index contributed by atoms with van der Waals surface area (Å²) in [5.41, 5.74) is 0.807. The minimum absolute atomic E-state index is 0.0684. The minimum atomic E-state index is -3.99. The number of hydrogen-bond acceptors (Lipinski definition) is 5. The monoisotopic (exact) mass is 436 g/mol. The summed E-state index contributed by atoms with van der Waals surface area (Å²) in [4.78, 5) is 23.7. The summed E-state index contributed by atoms with van der Waals surface area (Å²) in [6, 6.07) is 10.4. The molecule has 2 rings (SSSR count). The maximum Gasteiger partial charge on any atom is 0.337 e. The van der Waals surface area contributed by atoms with Gasteiger partial charge in [0, 0.05) is 13.0 Å². The van der Waals surface area contributed by atoms with Crippen molar-refractivity contribution >= 4 is 39.2 Å². The van der Waals surface area contributed by atoms with Crippen molar-refractivity contribution in [1.29, 1.82) is 0 Å². The SMILES string of the molecule is C=CCCC(=O)NCc1cc(NS(=O)(=O)c2ccccc2Cl)cc(C(=O)OC)c1. The number of esters is 1. The molecule has 0 fully saturated rings. The summed E-state index contributed by atoms with van der Waals surface area (Å²) in [6.07, 6.45) is 2.46. The van der Waals surface area contributed by atoms with Crippen LogP contribution in [0, 0.1) is 0 Å². The number of sulfonamides is 1. The van der Waals surface area contributed by atoms with E-state index in [1.165, 1.54) is 37.4 Å². The standard InChI is InChI=1S/C20H21ClN2O5S/c1-3-4-9-19(24)22-13-14-10-15(20(25)28-2)12-16(11-14)23-29(26,27)18-8-6-5-7-17(18)21/h3,5-8,10-12,23H,1,4,9,13H2,2H3,(H,22,24). The zero-order valence-electron chi connectivity index (χ0n) is 15.8. The van der Waals surface area contributed by atoms with E-state index in [0.717, 1.165) is 0 Å². The molecule has 0 bridgehead atoms. The van der Waals surface area contributed by atoms with E-state index < -0.39 is 16.0 Å². The number of rotatable bonds is 9. The van der Waals surface area contributed by atoms with Gasteiger partial charge in [-0.25, -0.2) is 13.2 Å². The highest BCUT2D eigenvalue weighted by Crippen LogP contribution is 2.24. The predicted octanol–water partition coefficient (Wildman–Crippen LogP) is 3.51. The van der Waals surface area contributed by atoms with Crippen LogP contribution in [0.2, 0.25) is 5.02 Å². The summed E-state index contributed by atoms with van der Waals surface area (Å²) in [6.45, 7) is 3.67. The molecule has 0 unspecified atom stereocenters. The van der Waals surface area contributed by atoms with Crippen LogP contribution in [0.5, 0.6) is 0 Å². The van der Waals surface area contributed by atoms with Crippen molar-refractivity contribution in [3.8, 4) is 0 Å². The van der Waals surface area contributed by atoms with Crippen LogP contribution in [0.4, 0.5) is 5.69 Å². The van der Waals surface area contributed by atoms with E-state index in [-0.39, 0.29) is 40.0 Å². The molecule has 1 amide bonds. The number of carbonyl (C=O) groups is 2. The Kier molecular flexibility index (Phi) is 7.81. The minimum Gasteiger partial charge on any atom is -0.465 e. The lowest BCUT2D eigenvalue weighted by molar-refractivity contribution is -0.121. The smallest absolute Gasteiger partial charge is 0.337 e. The summed E-state index contributed by atoms with van der Waals surface area (Å²) < 4.78 is 32.5. The second-order valence-electron chi connectivity index (χ2n) is 6.05. The Bertz CT molecular complexity index is 1020. The van der Waals surface area contributed by atoms with Gasteiger partial charge in [-0.1, -0.05) is 29.8 Å². The molecule has 0 heterocycles. The normalized spacial score (nSPS) is 10.8. The highest BCUT2D eigenvalue weighted by Gasteiger charge is 2.19. The largest absolute Gasteiger partial charge is 0.465 e. The van der Waals surface area contributed by atoms with Crippen molar-refractivity contribution in [2.24, 2.45) is 0 Å². The van der Waals surface area contributed by atoms with E-state index in [4.69, 9.17) is 16.3 Å². The first-order valence-corrected chi connectivity index (χ1v) is 10.5. The third-order valence-corrected chi connectivity index (χ3v) is 5.74. The number of methoxy groups -OCH3 is 1. The lowest BCUT2D eigenvalue weighted by Gasteiger charge is -2.13. The Balaban J connectivity index is 2.31. The molecule has 0 aliphatic rings. The predicted molar refractivity (Wildman–Crippen MR) is 111 cm³/mol. The molecule has 0 saturated carbocycles. The molecule has 2 aromatic rings. The first kappa shape index (κ1) is 22.4. The van der Waals surface area contributed by atoms with Crippen molar-refractivity contribution in [2.45, 2.75) is 24.3 Å². The van der Waals surface area contributed by atoms with Gasteiger partial charge in [0.1, 0.15) is 4.90 Å². The number of hydrogen-bond donors (Lipinski definition) is 2. The topological polar surface area (TPSA) is 102 Å². The molecule has 154 valence electrons. The van der Waals surface area contributed by atoms with Gasteiger partial charge in [-0.3, -0.25) is 9.52 Å². The molecule has 0 atom stereocenters. The molecule has 0 saturated heterocycles. The van der Waals surface area contributed by atoms with Crippen LogP contribution in [-0.4, -0.2) is 27.4 Å². The number of benzene rings is 2. The molecule has 0 aliphatic heterocycles. The number of nitrogens with one attached hydrogen (secondary N) is 2. The van der Waals surface area contributed by atoms with Crippen molar-refractivity contribution in [1.82, 2.24) is 5.32 Å². The fourth-order valence-electron chi connectivity index (χ4n) is 2.48. The molecule has 0 aromatic heterocycles. The summed E-state index contributed by atoms with van der Waals surface area (Å²) in [7, 11) is -2.76. The van der Waals surface area contributed by atoms with Gasteiger partial charge in [0.05, 0.1) is 23.4 Å². The van der Waals surface area contributed by atoms with Crippen LogP contribution in [0.1, 0.15) is 28.8 Å². The highest BCUT2D eigenvalue weighted by molar-refractivity contribution is 7.92. The molecule has 0 spiro atoms. The lowest BCUT2D eigenvalue weighted by atomic mass is 10.1. The Hall–Kier alpha value is -2.84. The average molecular weight is 437 g/mol. The van der Waals surface area contributed by atoms with Crippen molar-refractivity contribution < 1.29 is 22.7 Å². The molecule has 7 nitrogen and oxygen atoms in total. The quantitative estimate of drug-likeness (QED) is 0.462. The van der Waals surface area contributed by atoms with Gasteiger partial charge in [0.2, 0.25) is 5.91 Å². The maximum absolute atomic E-state index is 12.7. The zero-order chi connectivity index (χ0) is 21.4. The summed E-state index contributed by atoms with van der Waals surface area (Å²) in [5.74, 6) is -0.824. The maximum atomic E-state index is 12.7. The molecule has 0 aliphatic carbocycles. The molecule has 29 heavy (non-hydrogen) atoms. The lowest BCUT2D eigenvalue weighted by Crippen LogP contribution is -2.22. The fraction of sp³-hybridized carbons (Fsp3) is 0.200. The van der Waals surface area contributed by atoms with Gasteiger partial charge in [0.25, 0.3) is 10.0 Å². The molecular formula is C20H21ClN2O5S. The summed E-state index contributed by atoms with van der Waals surface area (Å²) in [5, 5.41) is 2.78. The Morgan fingerprint density at radius 2 is 1.93 bits per heavy atom. The number of halogens is 1. The van der Waals surface area contributed by atoms with Gasteiger partial charge >= 0.3 is 5.97 Å². The van der Waals surface area contributed by atoms with Crippen molar-refractivity contribution in [2.75, 3.05) is 11.8 Å². The zero-order valence-corrected chi connectivity index (χ0v) is 17.3. The van der Waals surface area contributed by atoms with Gasteiger partial charge in [-0.05, 0) is 42.3 Å². The Morgan fingerprint density at radius 3 is 2.59 bits per heavy atom. The first-order chi connectivity index (χ1) is 13.8. The third-order valence-electron chi connectivity index (χ3n) is 3.86. The van der Waals surface area contributed by atoms with Crippen LogP contribution < -0.4 is 10.0 Å².